The van der Waals surface area contributed by atoms with Crippen LogP contribution in [0.15, 0.2) is 60.7 Å². The van der Waals surface area contributed by atoms with E-state index in [1.807, 2.05) is 24.3 Å². The van der Waals surface area contributed by atoms with E-state index in [-0.39, 0.29) is 10.6 Å². The summed E-state index contributed by atoms with van der Waals surface area (Å²) in [7, 11) is 0. The van der Waals surface area contributed by atoms with E-state index in [2.05, 4.69) is 32.0 Å². The number of hydrogen-bond donors (Lipinski definition) is 0. The number of nitro benzene ring substituents is 1. The minimum absolute atomic E-state index is 0.0287. The molecule has 3 aromatic carbocycles. The highest BCUT2D eigenvalue weighted by molar-refractivity contribution is 6.31. The second-order valence-corrected chi connectivity index (χ2v) is 6.56. The molecule has 3 rings (SSSR count). The molecule has 0 N–H and O–H groups in total. The summed E-state index contributed by atoms with van der Waals surface area (Å²) in [5, 5.41) is 12.0. The lowest BCUT2D eigenvalue weighted by Crippen LogP contribution is -1.98. The average Bonchev–Trinajstić information content (AvgIpc) is 2.67. The van der Waals surface area contributed by atoms with Crippen LogP contribution >= 0.6 is 11.6 Å². The Bertz CT molecular complexity index is 966. The van der Waals surface area contributed by atoms with Gasteiger partial charge in [-0.3, -0.25) is 10.1 Å². The van der Waals surface area contributed by atoms with Crippen molar-refractivity contribution in [3.8, 4) is 22.3 Å². The molecule has 0 fully saturated rings. The molecule has 0 saturated carbocycles. The van der Waals surface area contributed by atoms with Crippen LogP contribution in [-0.4, -0.2) is 4.92 Å². The van der Waals surface area contributed by atoms with Gasteiger partial charge in [0, 0.05) is 11.1 Å². The molecule has 0 bridgehead atoms. The number of nitrogens with zero attached hydrogens (tertiary/aromatic N) is 1. The summed E-state index contributed by atoms with van der Waals surface area (Å²) in [5.41, 5.74) is 6.09. The summed E-state index contributed by atoms with van der Waals surface area (Å²) in [5.74, 6) is 0. The van der Waals surface area contributed by atoms with Gasteiger partial charge in [0.15, 0.2) is 0 Å². The molecule has 0 aromatic heterocycles. The number of hydrogen-bond acceptors (Lipinski definition) is 2. The first kappa shape index (κ1) is 18.2. The minimum atomic E-state index is -0.366. The van der Waals surface area contributed by atoms with Gasteiger partial charge in [0.05, 0.1) is 10.5 Å². The van der Waals surface area contributed by atoms with Crippen LogP contribution in [-0.2, 0) is 12.8 Å². The van der Waals surface area contributed by atoms with Crippen molar-refractivity contribution in [2.24, 2.45) is 0 Å². The fourth-order valence-electron chi connectivity index (χ4n) is 3.39. The standard InChI is InChI=1S/C22H20ClNO2/c1-3-15-8-5-6-10-18(15)22-16(4-2)9-7-11-20(22)19-13-12-17(23)14-21(19)24(25)26/h5-14H,3-4H2,1-2H3. The van der Waals surface area contributed by atoms with Crippen molar-refractivity contribution in [3.05, 3.63) is 86.9 Å². The summed E-state index contributed by atoms with van der Waals surface area (Å²) >= 11 is 6.01. The first-order valence-electron chi connectivity index (χ1n) is 8.71. The predicted molar refractivity (Wildman–Crippen MR) is 108 cm³/mol. The fraction of sp³-hybridized carbons (Fsp3) is 0.182. The highest BCUT2D eigenvalue weighted by Gasteiger charge is 2.21. The van der Waals surface area contributed by atoms with E-state index < -0.39 is 0 Å². The van der Waals surface area contributed by atoms with Gasteiger partial charge in [0.25, 0.3) is 5.69 Å². The van der Waals surface area contributed by atoms with Crippen molar-refractivity contribution < 1.29 is 4.92 Å². The van der Waals surface area contributed by atoms with Crippen molar-refractivity contribution in [1.29, 1.82) is 0 Å². The zero-order chi connectivity index (χ0) is 18.7. The molecule has 0 spiro atoms. The van der Waals surface area contributed by atoms with E-state index in [9.17, 15) is 10.1 Å². The second kappa shape index (κ2) is 7.71. The number of nitro groups is 1. The molecule has 0 atom stereocenters. The SMILES string of the molecule is CCc1ccccc1-c1c(CC)cccc1-c1ccc(Cl)cc1[N+](=O)[O-]. The molecule has 4 heteroatoms. The smallest absolute Gasteiger partial charge is 0.258 e. The third-order valence-corrected chi connectivity index (χ3v) is 4.88. The van der Waals surface area contributed by atoms with Crippen molar-refractivity contribution in [3.63, 3.8) is 0 Å². The highest BCUT2D eigenvalue weighted by Crippen LogP contribution is 2.41. The maximum Gasteiger partial charge on any atom is 0.278 e. The molecular weight excluding hydrogens is 346 g/mol. The van der Waals surface area contributed by atoms with Crippen LogP contribution in [0.25, 0.3) is 22.3 Å². The molecule has 0 aliphatic rings. The van der Waals surface area contributed by atoms with Gasteiger partial charge in [-0.15, -0.1) is 0 Å². The van der Waals surface area contributed by atoms with Crippen molar-refractivity contribution >= 4 is 17.3 Å². The molecule has 26 heavy (non-hydrogen) atoms. The summed E-state index contributed by atoms with van der Waals surface area (Å²) in [6.07, 6.45) is 1.75. The van der Waals surface area contributed by atoms with Gasteiger partial charge < -0.3 is 0 Å². The van der Waals surface area contributed by atoms with Crippen LogP contribution in [0, 0.1) is 10.1 Å². The van der Waals surface area contributed by atoms with Crippen LogP contribution in [0.5, 0.6) is 0 Å². The summed E-state index contributed by atoms with van der Waals surface area (Å²) in [6.45, 7) is 4.23. The molecule has 0 aliphatic heterocycles. The molecule has 0 radical (unpaired) electrons. The highest BCUT2D eigenvalue weighted by atomic mass is 35.5. The van der Waals surface area contributed by atoms with Gasteiger partial charge >= 0.3 is 0 Å². The van der Waals surface area contributed by atoms with Crippen LogP contribution < -0.4 is 0 Å². The van der Waals surface area contributed by atoms with Crippen LogP contribution in [0.4, 0.5) is 5.69 Å². The zero-order valence-corrected chi connectivity index (χ0v) is 15.6. The summed E-state index contributed by atoms with van der Waals surface area (Å²) in [4.78, 5) is 11.3. The van der Waals surface area contributed by atoms with Gasteiger partial charge in [0.2, 0.25) is 0 Å². The lowest BCUT2D eigenvalue weighted by atomic mass is 9.86. The van der Waals surface area contributed by atoms with E-state index in [1.54, 1.807) is 12.1 Å². The molecule has 0 amide bonds. The van der Waals surface area contributed by atoms with Crippen LogP contribution in [0.3, 0.4) is 0 Å². The molecule has 3 aromatic rings. The molecular formula is C22H20ClNO2. The Kier molecular flexibility index (Phi) is 5.38. The first-order chi connectivity index (χ1) is 12.6. The van der Waals surface area contributed by atoms with E-state index >= 15 is 0 Å². The van der Waals surface area contributed by atoms with Crippen molar-refractivity contribution in [2.45, 2.75) is 26.7 Å². The lowest BCUT2D eigenvalue weighted by Gasteiger charge is -2.17. The number of aryl methyl sites for hydroxylation is 2. The molecule has 3 nitrogen and oxygen atoms in total. The Morgan fingerprint density at radius 1 is 0.846 bits per heavy atom. The van der Waals surface area contributed by atoms with Gasteiger partial charge in [-0.1, -0.05) is 67.9 Å². The van der Waals surface area contributed by atoms with E-state index in [1.165, 1.54) is 17.2 Å². The number of halogens is 1. The summed E-state index contributed by atoms with van der Waals surface area (Å²) < 4.78 is 0. The first-order valence-corrected chi connectivity index (χ1v) is 9.09. The summed E-state index contributed by atoms with van der Waals surface area (Å²) in [6, 6.07) is 19.1. The minimum Gasteiger partial charge on any atom is -0.258 e. The predicted octanol–water partition coefficient (Wildman–Crippen LogP) is 6.71. The molecule has 0 heterocycles. The lowest BCUT2D eigenvalue weighted by molar-refractivity contribution is -0.384. The van der Waals surface area contributed by atoms with E-state index in [4.69, 9.17) is 11.6 Å². The second-order valence-electron chi connectivity index (χ2n) is 6.12. The quantitative estimate of drug-likeness (QED) is 0.372. The average molecular weight is 366 g/mol. The number of rotatable bonds is 5. The Balaban J connectivity index is 2.37. The van der Waals surface area contributed by atoms with Gasteiger partial charge in [-0.05, 0) is 52.8 Å². The largest absolute Gasteiger partial charge is 0.278 e. The van der Waals surface area contributed by atoms with E-state index in [0.717, 1.165) is 29.5 Å². The van der Waals surface area contributed by atoms with Gasteiger partial charge in [0.1, 0.15) is 0 Å². The third kappa shape index (κ3) is 3.35. The van der Waals surface area contributed by atoms with Gasteiger partial charge in [-0.25, -0.2) is 0 Å². The Morgan fingerprint density at radius 2 is 1.50 bits per heavy atom. The monoisotopic (exact) mass is 365 g/mol. The normalized spacial score (nSPS) is 10.7. The molecule has 132 valence electrons. The van der Waals surface area contributed by atoms with Crippen LogP contribution in [0.1, 0.15) is 25.0 Å². The molecule has 0 saturated heterocycles. The van der Waals surface area contributed by atoms with Gasteiger partial charge in [-0.2, -0.15) is 0 Å². The number of benzene rings is 3. The molecule has 0 unspecified atom stereocenters. The van der Waals surface area contributed by atoms with Crippen molar-refractivity contribution in [1.82, 2.24) is 0 Å². The zero-order valence-electron chi connectivity index (χ0n) is 14.8. The van der Waals surface area contributed by atoms with Crippen molar-refractivity contribution in [2.75, 3.05) is 0 Å². The maximum atomic E-state index is 11.6. The molecule has 0 aliphatic carbocycles. The van der Waals surface area contributed by atoms with E-state index in [0.29, 0.717) is 10.6 Å². The Labute approximate surface area is 158 Å². The Hall–Kier alpha value is -2.65. The topological polar surface area (TPSA) is 43.1 Å². The Morgan fingerprint density at radius 3 is 2.19 bits per heavy atom. The van der Waals surface area contributed by atoms with Crippen LogP contribution in [0.2, 0.25) is 5.02 Å². The third-order valence-electron chi connectivity index (χ3n) is 4.65. The fourth-order valence-corrected chi connectivity index (χ4v) is 3.56. The maximum absolute atomic E-state index is 11.6.